The van der Waals surface area contributed by atoms with Crippen molar-refractivity contribution in [2.45, 2.75) is 6.18 Å². The molecule has 0 aliphatic heterocycles. The van der Waals surface area contributed by atoms with E-state index in [1.54, 1.807) is 0 Å². The lowest BCUT2D eigenvalue weighted by Crippen LogP contribution is -2.15. The Kier molecular flexibility index (Phi) is 8.24. The summed E-state index contributed by atoms with van der Waals surface area (Å²) in [5, 5.41) is 8.35. The Labute approximate surface area is 108 Å². The summed E-state index contributed by atoms with van der Waals surface area (Å²) in [6.07, 6.45) is -3.51. The first-order valence-electron chi connectivity index (χ1n) is 4.37. The van der Waals surface area contributed by atoms with Crippen molar-refractivity contribution in [2.75, 3.05) is 21.1 Å². The molecule has 0 unspecified atom stereocenters. The Morgan fingerprint density at radius 3 is 2.06 bits per heavy atom. The molecule has 1 aromatic rings. The molecular weight excluding hydrogens is 275 g/mol. The van der Waals surface area contributed by atoms with Gasteiger partial charge < -0.3 is 10.0 Å². The number of aromatic nitrogens is 2. The van der Waals surface area contributed by atoms with E-state index in [-0.39, 0.29) is 12.4 Å². The standard InChI is InChI=1S/C6H3F3N2O2.C3H9N.ClH/c7-6(8,9)4-3(5(12)13)1-10-2-11-4;1-4(2)3;/h1-2H,(H,12,13);1-3H3;1H. The van der Waals surface area contributed by atoms with Gasteiger partial charge in [0.2, 0.25) is 0 Å². The molecule has 0 aliphatic carbocycles. The van der Waals surface area contributed by atoms with Crippen molar-refractivity contribution in [3.8, 4) is 0 Å². The third-order valence-corrected chi connectivity index (χ3v) is 1.21. The zero-order chi connectivity index (χ0) is 13.6. The van der Waals surface area contributed by atoms with E-state index in [1.807, 2.05) is 26.0 Å². The molecular formula is C9H13ClF3N3O2. The first-order valence-corrected chi connectivity index (χ1v) is 4.37. The van der Waals surface area contributed by atoms with Crippen molar-refractivity contribution in [2.24, 2.45) is 0 Å². The first-order chi connectivity index (χ1) is 7.66. The number of aromatic carboxylic acids is 1. The lowest BCUT2D eigenvalue weighted by atomic mass is 10.2. The summed E-state index contributed by atoms with van der Waals surface area (Å²) >= 11 is 0. The molecule has 1 N–H and O–H groups in total. The molecule has 0 bridgehead atoms. The lowest BCUT2D eigenvalue weighted by molar-refractivity contribution is -0.141. The summed E-state index contributed by atoms with van der Waals surface area (Å²) in [5.41, 5.74) is -2.38. The topological polar surface area (TPSA) is 66.3 Å². The number of halogens is 4. The highest BCUT2D eigenvalue weighted by atomic mass is 35.5. The zero-order valence-corrected chi connectivity index (χ0v) is 10.7. The fraction of sp³-hybridized carbons (Fsp3) is 0.444. The van der Waals surface area contributed by atoms with Gasteiger partial charge in [-0.25, -0.2) is 14.8 Å². The van der Waals surface area contributed by atoms with Crippen LogP contribution in [0.2, 0.25) is 0 Å². The van der Waals surface area contributed by atoms with Crippen LogP contribution in [-0.2, 0) is 6.18 Å². The van der Waals surface area contributed by atoms with Crippen LogP contribution in [0.5, 0.6) is 0 Å². The number of rotatable bonds is 1. The van der Waals surface area contributed by atoms with Crippen molar-refractivity contribution in [1.29, 1.82) is 0 Å². The minimum Gasteiger partial charge on any atom is -0.478 e. The maximum absolute atomic E-state index is 12.1. The Bertz CT molecular complexity index is 383. The maximum Gasteiger partial charge on any atom is 0.434 e. The van der Waals surface area contributed by atoms with Gasteiger partial charge in [0.15, 0.2) is 5.69 Å². The highest BCUT2D eigenvalue weighted by molar-refractivity contribution is 5.88. The summed E-state index contributed by atoms with van der Waals surface area (Å²) in [4.78, 5) is 18.3. The third kappa shape index (κ3) is 7.02. The van der Waals surface area contributed by atoms with Gasteiger partial charge in [-0.2, -0.15) is 13.2 Å². The highest BCUT2D eigenvalue weighted by Crippen LogP contribution is 2.29. The van der Waals surface area contributed by atoms with Gasteiger partial charge in [-0.1, -0.05) is 0 Å². The van der Waals surface area contributed by atoms with Gasteiger partial charge in [0, 0.05) is 6.20 Å². The molecule has 0 radical (unpaired) electrons. The molecule has 0 amide bonds. The van der Waals surface area contributed by atoms with E-state index in [4.69, 9.17) is 5.11 Å². The van der Waals surface area contributed by atoms with Gasteiger partial charge in [-0.3, -0.25) is 0 Å². The Hall–Kier alpha value is -1.41. The number of alkyl halides is 3. The second-order valence-electron chi connectivity index (χ2n) is 3.43. The summed E-state index contributed by atoms with van der Waals surface area (Å²) in [6.45, 7) is 0. The highest BCUT2D eigenvalue weighted by Gasteiger charge is 2.37. The van der Waals surface area contributed by atoms with Crippen molar-refractivity contribution in [3.63, 3.8) is 0 Å². The molecule has 9 heteroatoms. The molecule has 104 valence electrons. The van der Waals surface area contributed by atoms with Crippen LogP contribution in [0.4, 0.5) is 13.2 Å². The number of nitrogens with zero attached hydrogens (tertiary/aromatic N) is 3. The molecule has 0 atom stereocenters. The summed E-state index contributed by atoms with van der Waals surface area (Å²) in [7, 11) is 6.00. The molecule has 1 aromatic heterocycles. The van der Waals surface area contributed by atoms with Crippen LogP contribution in [0.15, 0.2) is 12.5 Å². The molecule has 0 saturated heterocycles. The van der Waals surface area contributed by atoms with Gasteiger partial charge >= 0.3 is 12.1 Å². The van der Waals surface area contributed by atoms with Gasteiger partial charge in [0.05, 0.1) is 0 Å². The predicted octanol–water partition coefficient (Wildman–Crippen LogP) is 1.79. The van der Waals surface area contributed by atoms with Gasteiger partial charge in [-0.05, 0) is 21.1 Å². The summed E-state index contributed by atoms with van der Waals surface area (Å²) in [5.74, 6) is -1.70. The fourth-order valence-corrected chi connectivity index (χ4v) is 0.712. The molecule has 0 fully saturated rings. The summed E-state index contributed by atoms with van der Waals surface area (Å²) < 4.78 is 36.2. The quantitative estimate of drug-likeness (QED) is 0.853. The van der Waals surface area contributed by atoms with Crippen LogP contribution in [-0.4, -0.2) is 47.1 Å². The van der Waals surface area contributed by atoms with Crippen LogP contribution < -0.4 is 0 Å². The van der Waals surface area contributed by atoms with Crippen LogP contribution in [0.1, 0.15) is 16.1 Å². The molecule has 1 heterocycles. The predicted molar refractivity (Wildman–Crippen MR) is 60.9 cm³/mol. The largest absolute Gasteiger partial charge is 0.478 e. The average Bonchev–Trinajstić information content (AvgIpc) is 2.15. The third-order valence-electron chi connectivity index (χ3n) is 1.21. The van der Waals surface area contributed by atoms with Gasteiger partial charge in [-0.15, -0.1) is 12.4 Å². The van der Waals surface area contributed by atoms with E-state index >= 15 is 0 Å². The minimum absolute atomic E-state index is 0. The number of hydrogen-bond donors (Lipinski definition) is 1. The SMILES string of the molecule is CN(C)C.Cl.O=C(O)c1cncnc1C(F)(F)F. The number of carboxylic acids is 1. The first kappa shape index (κ1) is 18.9. The Morgan fingerprint density at radius 2 is 1.78 bits per heavy atom. The van der Waals surface area contributed by atoms with Crippen molar-refractivity contribution < 1.29 is 23.1 Å². The van der Waals surface area contributed by atoms with E-state index in [0.29, 0.717) is 12.5 Å². The van der Waals surface area contributed by atoms with E-state index in [2.05, 4.69) is 9.97 Å². The normalized spacial score (nSPS) is 10.2. The zero-order valence-electron chi connectivity index (χ0n) is 9.89. The smallest absolute Gasteiger partial charge is 0.434 e. The molecule has 0 spiro atoms. The van der Waals surface area contributed by atoms with Gasteiger partial charge in [0.1, 0.15) is 11.9 Å². The molecule has 5 nitrogen and oxygen atoms in total. The fourth-order valence-electron chi connectivity index (χ4n) is 0.712. The van der Waals surface area contributed by atoms with Crippen molar-refractivity contribution in [1.82, 2.24) is 14.9 Å². The summed E-state index contributed by atoms with van der Waals surface area (Å²) in [6, 6.07) is 0. The average molecular weight is 288 g/mol. The van der Waals surface area contributed by atoms with E-state index in [9.17, 15) is 18.0 Å². The number of carboxylic acid groups (broad SMARTS) is 1. The van der Waals surface area contributed by atoms with E-state index < -0.39 is 23.4 Å². The van der Waals surface area contributed by atoms with Crippen LogP contribution in [0.3, 0.4) is 0 Å². The van der Waals surface area contributed by atoms with Crippen molar-refractivity contribution in [3.05, 3.63) is 23.8 Å². The lowest BCUT2D eigenvalue weighted by Gasteiger charge is -2.06. The van der Waals surface area contributed by atoms with E-state index in [1.165, 1.54) is 0 Å². The Morgan fingerprint density at radius 1 is 1.33 bits per heavy atom. The monoisotopic (exact) mass is 287 g/mol. The van der Waals surface area contributed by atoms with Crippen LogP contribution in [0.25, 0.3) is 0 Å². The Balaban J connectivity index is 0. The second kappa shape index (κ2) is 7.83. The molecule has 1 rings (SSSR count). The second-order valence-corrected chi connectivity index (χ2v) is 3.43. The molecule has 0 aromatic carbocycles. The number of hydrogen-bond acceptors (Lipinski definition) is 4. The van der Waals surface area contributed by atoms with Crippen LogP contribution >= 0.6 is 12.4 Å². The van der Waals surface area contributed by atoms with Gasteiger partial charge in [0.25, 0.3) is 0 Å². The molecule has 18 heavy (non-hydrogen) atoms. The molecule has 0 saturated carbocycles. The minimum atomic E-state index is -4.77. The number of carbonyl (C=O) groups is 1. The molecule has 0 aliphatic rings. The maximum atomic E-state index is 12.1. The van der Waals surface area contributed by atoms with E-state index in [0.717, 1.165) is 0 Å². The van der Waals surface area contributed by atoms with Crippen LogP contribution in [0, 0.1) is 0 Å². The van der Waals surface area contributed by atoms with Crippen molar-refractivity contribution >= 4 is 18.4 Å².